The average molecular weight is 416 g/mol. The number of halogens is 1. The molecule has 0 unspecified atom stereocenters. The van der Waals surface area contributed by atoms with Crippen molar-refractivity contribution in [2.24, 2.45) is 5.41 Å². The van der Waals surface area contributed by atoms with E-state index in [-0.39, 0.29) is 11.5 Å². The fourth-order valence-electron chi connectivity index (χ4n) is 3.22. The highest BCUT2D eigenvalue weighted by Crippen LogP contribution is 2.28. The smallest absolute Gasteiger partial charge is 0.337 e. The Labute approximate surface area is 176 Å². The first kappa shape index (κ1) is 21.0. The maximum atomic E-state index is 12.3. The number of carboxylic acids is 1. The highest BCUT2D eigenvalue weighted by atomic mass is 35.5. The molecule has 7 heteroatoms. The Morgan fingerprint density at radius 2 is 1.55 bits per heavy atom. The standard InChI is InChI=1S/C22H26ClN3O3/c1-22(2,3)21(29)24-19-8-7-17(14-18(19)20(27)28)26-11-9-25(10-12-26)16-6-4-5-15(23)13-16/h4-8,13-14H,9-12H2,1-3H3,(H,24,29)(H,27,28). The number of piperazine rings is 1. The lowest BCUT2D eigenvalue weighted by molar-refractivity contribution is -0.123. The molecule has 0 saturated carbocycles. The van der Waals surface area contributed by atoms with E-state index in [9.17, 15) is 14.7 Å². The van der Waals surface area contributed by atoms with Gasteiger partial charge in [-0.15, -0.1) is 0 Å². The highest BCUT2D eigenvalue weighted by molar-refractivity contribution is 6.30. The molecule has 1 amide bonds. The Hall–Kier alpha value is -2.73. The van der Waals surface area contributed by atoms with Gasteiger partial charge in [0.2, 0.25) is 5.91 Å². The zero-order valence-electron chi connectivity index (χ0n) is 16.9. The van der Waals surface area contributed by atoms with Crippen molar-refractivity contribution in [1.82, 2.24) is 0 Å². The fourth-order valence-corrected chi connectivity index (χ4v) is 3.40. The van der Waals surface area contributed by atoms with Crippen LogP contribution in [0.2, 0.25) is 5.02 Å². The number of anilines is 3. The zero-order chi connectivity index (χ0) is 21.2. The van der Waals surface area contributed by atoms with Crippen LogP contribution < -0.4 is 15.1 Å². The molecule has 0 spiro atoms. The van der Waals surface area contributed by atoms with E-state index in [1.807, 2.05) is 30.3 Å². The van der Waals surface area contributed by atoms with Crippen molar-refractivity contribution in [3.8, 4) is 0 Å². The van der Waals surface area contributed by atoms with Gasteiger partial charge in [0.1, 0.15) is 0 Å². The summed E-state index contributed by atoms with van der Waals surface area (Å²) in [5.41, 5.74) is 1.73. The maximum absolute atomic E-state index is 12.3. The molecule has 2 aromatic rings. The molecular formula is C22H26ClN3O3. The normalized spacial score (nSPS) is 14.6. The number of carboxylic acid groups (broad SMARTS) is 1. The van der Waals surface area contributed by atoms with Gasteiger partial charge < -0.3 is 20.2 Å². The second kappa shape index (κ2) is 8.33. The predicted molar refractivity (Wildman–Crippen MR) is 117 cm³/mol. The van der Waals surface area contributed by atoms with Gasteiger partial charge in [-0.1, -0.05) is 38.4 Å². The molecule has 154 valence electrons. The summed E-state index contributed by atoms with van der Waals surface area (Å²) in [5, 5.41) is 13.1. The number of nitrogens with one attached hydrogen (secondary N) is 1. The summed E-state index contributed by atoms with van der Waals surface area (Å²) in [6.07, 6.45) is 0. The Balaban J connectivity index is 1.74. The predicted octanol–water partition coefficient (Wildman–Crippen LogP) is 4.35. The summed E-state index contributed by atoms with van der Waals surface area (Å²) in [4.78, 5) is 28.4. The summed E-state index contributed by atoms with van der Waals surface area (Å²) < 4.78 is 0. The Kier molecular flexibility index (Phi) is 6.03. The number of hydrogen-bond donors (Lipinski definition) is 2. The van der Waals surface area contributed by atoms with Gasteiger partial charge in [-0.3, -0.25) is 4.79 Å². The quantitative estimate of drug-likeness (QED) is 0.776. The number of benzene rings is 2. The van der Waals surface area contributed by atoms with E-state index in [4.69, 9.17) is 11.6 Å². The second-order valence-corrected chi connectivity index (χ2v) is 8.63. The Morgan fingerprint density at radius 3 is 2.07 bits per heavy atom. The number of carbonyl (C=O) groups excluding carboxylic acids is 1. The molecule has 1 aliphatic rings. The Bertz CT molecular complexity index is 916. The minimum absolute atomic E-state index is 0.0948. The van der Waals surface area contributed by atoms with Gasteiger partial charge in [-0.05, 0) is 36.4 Å². The van der Waals surface area contributed by atoms with E-state index < -0.39 is 11.4 Å². The molecule has 3 rings (SSSR count). The van der Waals surface area contributed by atoms with E-state index in [0.717, 1.165) is 37.6 Å². The summed E-state index contributed by atoms with van der Waals surface area (Å²) >= 11 is 6.09. The number of hydrogen-bond acceptors (Lipinski definition) is 4. The lowest BCUT2D eigenvalue weighted by atomic mass is 9.95. The summed E-state index contributed by atoms with van der Waals surface area (Å²) in [7, 11) is 0. The van der Waals surface area contributed by atoms with E-state index in [1.54, 1.807) is 32.9 Å². The van der Waals surface area contributed by atoms with Gasteiger partial charge in [0, 0.05) is 48.0 Å². The maximum Gasteiger partial charge on any atom is 0.337 e. The summed E-state index contributed by atoms with van der Waals surface area (Å²) in [6, 6.07) is 13.0. The lowest BCUT2D eigenvalue weighted by Crippen LogP contribution is -2.46. The lowest BCUT2D eigenvalue weighted by Gasteiger charge is -2.37. The minimum Gasteiger partial charge on any atom is -0.478 e. The van der Waals surface area contributed by atoms with Crippen LogP contribution >= 0.6 is 11.6 Å². The molecule has 29 heavy (non-hydrogen) atoms. The number of rotatable bonds is 4. The van der Waals surface area contributed by atoms with Crippen LogP contribution in [0.15, 0.2) is 42.5 Å². The third-order valence-corrected chi connectivity index (χ3v) is 5.22. The number of aromatic carboxylic acids is 1. The molecule has 6 nitrogen and oxygen atoms in total. The molecule has 2 N–H and O–H groups in total. The minimum atomic E-state index is -1.06. The van der Waals surface area contributed by atoms with Crippen LogP contribution in [-0.2, 0) is 4.79 Å². The Morgan fingerprint density at radius 1 is 0.966 bits per heavy atom. The fraction of sp³-hybridized carbons (Fsp3) is 0.364. The third kappa shape index (κ3) is 5.01. The number of carbonyl (C=O) groups is 2. The SMILES string of the molecule is CC(C)(C)C(=O)Nc1ccc(N2CCN(c3cccc(Cl)c3)CC2)cc1C(=O)O. The topological polar surface area (TPSA) is 72.9 Å². The van der Waals surface area contributed by atoms with Crippen molar-refractivity contribution < 1.29 is 14.7 Å². The van der Waals surface area contributed by atoms with Crippen LogP contribution in [0.1, 0.15) is 31.1 Å². The monoisotopic (exact) mass is 415 g/mol. The molecule has 1 heterocycles. The first-order chi connectivity index (χ1) is 13.6. The summed E-state index contributed by atoms with van der Waals surface area (Å²) in [5.74, 6) is -1.28. The molecule has 0 aromatic heterocycles. The molecular weight excluding hydrogens is 390 g/mol. The third-order valence-electron chi connectivity index (χ3n) is 4.98. The molecule has 2 aromatic carbocycles. The highest BCUT2D eigenvalue weighted by Gasteiger charge is 2.24. The summed E-state index contributed by atoms with van der Waals surface area (Å²) in [6.45, 7) is 8.51. The van der Waals surface area contributed by atoms with Gasteiger partial charge in [-0.25, -0.2) is 4.79 Å². The zero-order valence-corrected chi connectivity index (χ0v) is 17.7. The van der Waals surface area contributed by atoms with Crippen molar-refractivity contribution in [2.75, 3.05) is 41.3 Å². The van der Waals surface area contributed by atoms with Crippen LogP contribution in [0.5, 0.6) is 0 Å². The number of amides is 1. The van der Waals surface area contributed by atoms with Crippen molar-refractivity contribution in [3.63, 3.8) is 0 Å². The molecule has 1 aliphatic heterocycles. The van der Waals surface area contributed by atoms with E-state index >= 15 is 0 Å². The van der Waals surface area contributed by atoms with Crippen LogP contribution in [0, 0.1) is 5.41 Å². The molecule has 0 bridgehead atoms. The van der Waals surface area contributed by atoms with Crippen molar-refractivity contribution >= 4 is 40.5 Å². The first-order valence-electron chi connectivity index (χ1n) is 9.59. The van der Waals surface area contributed by atoms with Crippen LogP contribution in [0.4, 0.5) is 17.1 Å². The molecule has 1 fully saturated rings. The van der Waals surface area contributed by atoms with Crippen LogP contribution in [0.3, 0.4) is 0 Å². The van der Waals surface area contributed by atoms with Crippen LogP contribution in [-0.4, -0.2) is 43.2 Å². The van der Waals surface area contributed by atoms with Gasteiger partial charge >= 0.3 is 5.97 Å². The molecule has 0 radical (unpaired) electrons. The van der Waals surface area contributed by atoms with E-state index in [2.05, 4.69) is 15.1 Å². The average Bonchev–Trinajstić information content (AvgIpc) is 2.67. The van der Waals surface area contributed by atoms with Gasteiger partial charge in [0.25, 0.3) is 0 Å². The van der Waals surface area contributed by atoms with Gasteiger partial charge in [0.05, 0.1) is 11.3 Å². The molecule has 0 atom stereocenters. The van der Waals surface area contributed by atoms with Gasteiger partial charge in [-0.2, -0.15) is 0 Å². The van der Waals surface area contributed by atoms with Crippen molar-refractivity contribution in [2.45, 2.75) is 20.8 Å². The van der Waals surface area contributed by atoms with Gasteiger partial charge in [0.15, 0.2) is 0 Å². The van der Waals surface area contributed by atoms with Crippen LogP contribution in [0.25, 0.3) is 0 Å². The molecule has 0 aliphatic carbocycles. The molecule has 1 saturated heterocycles. The van der Waals surface area contributed by atoms with Crippen molar-refractivity contribution in [1.29, 1.82) is 0 Å². The number of nitrogens with zero attached hydrogens (tertiary/aromatic N) is 2. The largest absolute Gasteiger partial charge is 0.478 e. The van der Waals surface area contributed by atoms with E-state index in [0.29, 0.717) is 10.7 Å². The first-order valence-corrected chi connectivity index (χ1v) is 9.97. The van der Waals surface area contributed by atoms with E-state index in [1.165, 1.54) is 0 Å². The van der Waals surface area contributed by atoms with Crippen molar-refractivity contribution in [3.05, 3.63) is 53.1 Å². The second-order valence-electron chi connectivity index (χ2n) is 8.19.